The second-order valence-electron chi connectivity index (χ2n) is 3.88. The van der Waals surface area contributed by atoms with Crippen molar-refractivity contribution in [2.24, 2.45) is 0 Å². The second kappa shape index (κ2) is 7.49. The molecule has 16 heavy (non-hydrogen) atoms. The van der Waals surface area contributed by atoms with Crippen LogP contribution in [0.15, 0.2) is 24.3 Å². The van der Waals surface area contributed by atoms with Crippen molar-refractivity contribution in [3.05, 3.63) is 29.8 Å². The van der Waals surface area contributed by atoms with Gasteiger partial charge < -0.3 is 14.7 Å². The number of aliphatic hydroxyl groups is 1. The minimum absolute atomic E-state index is 0. The molecule has 0 amide bonds. The molecule has 1 unspecified atom stereocenters. The smallest absolute Gasteiger partial charge is 0.118 e. The van der Waals surface area contributed by atoms with Crippen molar-refractivity contribution in [3.8, 4) is 5.75 Å². The summed E-state index contributed by atoms with van der Waals surface area (Å²) in [7, 11) is 5.64. The highest BCUT2D eigenvalue weighted by molar-refractivity contribution is 5.85. The van der Waals surface area contributed by atoms with E-state index in [4.69, 9.17) is 4.74 Å². The van der Waals surface area contributed by atoms with E-state index in [2.05, 4.69) is 4.90 Å². The van der Waals surface area contributed by atoms with Gasteiger partial charge in [-0.25, -0.2) is 0 Å². The van der Waals surface area contributed by atoms with Gasteiger partial charge in [-0.3, -0.25) is 0 Å². The molecule has 0 aromatic heterocycles. The summed E-state index contributed by atoms with van der Waals surface area (Å²) in [4.78, 5) is 2.06. The van der Waals surface area contributed by atoms with Gasteiger partial charge in [-0.05, 0) is 38.2 Å². The first-order chi connectivity index (χ1) is 7.13. The lowest BCUT2D eigenvalue weighted by Crippen LogP contribution is -2.15. The fourth-order valence-corrected chi connectivity index (χ4v) is 1.37. The third kappa shape index (κ3) is 4.84. The predicted octanol–water partition coefficient (Wildman–Crippen LogP) is 2.10. The van der Waals surface area contributed by atoms with E-state index < -0.39 is 6.10 Å². The number of nitrogens with zero attached hydrogens (tertiary/aromatic N) is 1. The van der Waals surface area contributed by atoms with Crippen LogP contribution < -0.4 is 4.74 Å². The lowest BCUT2D eigenvalue weighted by molar-refractivity contribution is 0.154. The maximum atomic E-state index is 9.87. The Labute approximate surface area is 103 Å². The second-order valence-corrected chi connectivity index (χ2v) is 3.88. The zero-order chi connectivity index (χ0) is 11.3. The Morgan fingerprint density at radius 1 is 1.25 bits per heavy atom. The molecule has 0 aliphatic carbocycles. The molecular weight excluding hydrogens is 226 g/mol. The van der Waals surface area contributed by atoms with E-state index in [-0.39, 0.29) is 12.4 Å². The highest BCUT2D eigenvalue weighted by Gasteiger charge is 2.07. The summed E-state index contributed by atoms with van der Waals surface area (Å²) in [5, 5.41) is 9.87. The van der Waals surface area contributed by atoms with Crippen LogP contribution in [0.4, 0.5) is 0 Å². The Bertz CT molecular complexity index is 288. The fraction of sp³-hybridized carbons (Fsp3) is 0.500. The van der Waals surface area contributed by atoms with Crippen molar-refractivity contribution in [1.29, 1.82) is 0 Å². The molecular formula is C12H20ClNO2. The Morgan fingerprint density at radius 3 is 2.25 bits per heavy atom. The normalized spacial score (nSPS) is 12.1. The fourth-order valence-electron chi connectivity index (χ4n) is 1.37. The Kier molecular flexibility index (Phi) is 7.13. The number of benzene rings is 1. The number of rotatable bonds is 5. The van der Waals surface area contributed by atoms with Crippen molar-refractivity contribution >= 4 is 12.4 Å². The number of methoxy groups -OCH3 is 1. The molecule has 0 aliphatic heterocycles. The molecule has 92 valence electrons. The first kappa shape index (κ1) is 15.2. The van der Waals surface area contributed by atoms with Crippen LogP contribution in [0.5, 0.6) is 5.75 Å². The van der Waals surface area contributed by atoms with E-state index in [9.17, 15) is 5.11 Å². The molecule has 1 rings (SSSR count). The standard InChI is InChI=1S/C12H19NO2.ClH/c1-13(2)9-8-12(14)10-4-6-11(15-3)7-5-10;/h4-7,12,14H,8-9H2,1-3H3;1H. The number of hydrogen-bond donors (Lipinski definition) is 1. The average molecular weight is 246 g/mol. The molecule has 0 saturated heterocycles. The molecule has 0 aliphatic rings. The summed E-state index contributed by atoms with van der Waals surface area (Å²) in [5.41, 5.74) is 0.942. The number of aliphatic hydroxyl groups excluding tert-OH is 1. The summed E-state index contributed by atoms with van der Waals surface area (Å²) in [5.74, 6) is 0.818. The Morgan fingerprint density at radius 2 is 1.81 bits per heavy atom. The summed E-state index contributed by atoms with van der Waals surface area (Å²) >= 11 is 0. The van der Waals surface area contributed by atoms with E-state index in [1.807, 2.05) is 38.4 Å². The predicted molar refractivity (Wildman–Crippen MR) is 68.4 cm³/mol. The number of halogens is 1. The summed E-state index contributed by atoms with van der Waals surface area (Å²) in [6.45, 7) is 0.882. The van der Waals surface area contributed by atoms with Crippen LogP contribution in [0.1, 0.15) is 18.1 Å². The van der Waals surface area contributed by atoms with E-state index in [0.717, 1.165) is 24.3 Å². The van der Waals surface area contributed by atoms with Gasteiger partial charge in [0.1, 0.15) is 5.75 Å². The zero-order valence-corrected chi connectivity index (χ0v) is 10.8. The zero-order valence-electron chi connectivity index (χ0n) is 10.0. The third-order valence-electron chi connectivity index (χ3n) is 2.35. The SMILES string of the molecule is COc1ccc(C(O)CCN(C)C)cc1.Cl. The third-order valence-corrected chi connectivity index (χ3v) is 2.35. The Hall–Kier alpha value is -0.770. The van der Waals surface area contributed by atoms with E-state index >= 15 is 0 Å². The molecule has 4 heteroatoms. The van der Waals surface area contributed by atoms with Crippen molar-refractivity contribution in [1.82, 2.24) is 4.90 Å². The van der Waals surface area contributed by atoms with Gasteiger partial charge in [0.05, 0.1) is 13.2 Å². The van der Waals surface area contributed by atoms with Crippen LogP contribution in [0, 0.1) is 0 Å². The van der Waals surface area contributed by atoms with Crippen molar-refractivity contribution < 1.29 is 9.84 Å². The maximum Gasteiger partial charge on any atom is 0.118 e. The minimum atomic E-state index is -0.390. The van der Waals surface area contributed by atoms with E-state index in [1.165, 1.54) is 0 Å². The molecule has 3 nitrogen and oxygen atoms in total. The van der Waals surface area contributed by atoms with Crippen LogP contribution in [-0.2, 0) is 0 Å². The largest absolute Gasteiger partial charge is 0.497 e. The van der Waals surface area contributed by atoms with Crippen LogP contribution in [0.25, 0.3) is 0 Å². The first-order valence-corrected chi connectivity index (χ1v) is 5.10. The van der Waals surface area contributed by atoms with Gasteiger partial charge in [0.2, 0.25) is 0 Å². The molecule has 1 aromatic rings. The molecule has 0 fully saturated rings. The van der Waals surface area contributed by atoms with Crippen LogP contribution in [-0.4, -0.2) is 37.8 Å². The van der Waals surface area contributed by atoms with Gasteiger partial charge in [0.15, 0.2) is 0 Å². The summed E-state index contributed by atoms with van der Waals surface area (Å²) in [6.07, 6.45) is 0.359. The highest BCUT2D eigenvalue weighted by atomic mass is 35.5. The van der Waals surface area contributed by atoms with Crippen molar-refractivity contribution in [2.75, 3.05) is 27.7 Å². The van der Waals surface area contributed by atoms with Crippen LogP contribution in [0.3, 0.4) is 0 Å². The van der Waals surface area contributed by atoms with Crippen molar-refractivity contribution in [3.63, 3.8) is 0 Å². The summed E-state index contributed by atoms with van der Waals surface area (Å²) in [6, 6.07) is 7.54. The molecule has 0 bridgehead atoms. The highest BCUT2D eigenvalue weighted by Crippen LogP contribution is 2.19. The van der Waals surface area contributed by atoms with Gasteiger partial charge in [-0.1, -0.05) is 12.1 Å². The van der Waals surface area contributed by atoms with Gasteiger partial charge in [-0.15, -0.1) is 12.4 Å². The van der Waals surface area contributed by atoms with Crippen LogP contribution >= 0.6 is 12.4 Å². The molecule has 0 radical (unpaired) electrons. The maximum absolute atomic E-state index is 9.87. The number of hydrogen-bond acceptors (Lipinski definition) is 3. The average Bonchev–Trinajstić information content (AvgIpc) is 2.26. The quantitative estimate of drug-likeness (QED) is 0.863. The minimum Gasteiger partial charge on any atom is -0.497 e. The molecule has 0 spiro atoms. The molecule has 1 atom stereocenters. The van der Waals surface area contributed by atoms with Gasteiger partial charge in [0.25, 0.3) is 0 Å². The summed E-state index contributed by atoms with van der Waals surface area (Å²) < 4.78 is 5.06. The number of ether oxygens (including phenoxy) is 1. The first-order valence-electron chi connectivity index (χ1n) is 5.10. The topological polar surface area (TPSA) is 32.7 Å². The van der Waals surface area contributed by atoms with Gasteiger partial charge in [-0.2, -0.15) is 0 Å². The van der Waals surface area contributed by atoms with E-state index in [1.54, 1.807) is 7.11 Å². The molecule has 0 heterocycles. The monoisotopic (exact) mass is 245 g/mol. The van der Waals surface area contributed by atoms with E-state index in [0.29, 0.717) is 0 Å². The molecule has 1 aromatic carbocycles. The lowest BCUT2D eigenvalue weighted by atomic mass is 10.1. The van der Waals surface area contributed by atoms with Crippen LogP contribution in [0.2, 0.25) is 0 Å². The molecule has 0 saturated carbocycles. The Balaban J connectivity index is 0.00000225. The van der Waals surface area contributed by atoms with Gasteiger partial charge in [0, 0.05) is 6.54 Å². The van der Waals surface area contributed by atoms with Crippen molar-refractivity contribution in [2.45, 2.75) is 12.5 Å². The lowest BCUT2D eigenvalue weighted by Gasteiger charge is -2.14. The van der Waals surface area contributed by atoms with Gasteiger partial charge >= 0.3 is 0 Å². The molecule has 1 N–H and O–H groups in total.